The van der Waals surface area contributed by atoms with Crippen molar-refractivity contribution in [3.63, 3.8) is 0 Å². The van der Waals surface area contributed by atoms with Gasteiger partial charge in [0.1, 0.15) is 0 Å². The van der Waals surface area contributed by atoms with Crippen LogP contribution in [-0.4, -0.2) is 38.1 Å². The number of guanidine groups is 1. The number of nitrogens with zero attached hydrogens (tertiary/aromatic N) is 3. The van der Waals surface area contributed by atoms with Gasteiger partial charge in [-0.25, -0.2) is 5.01 Å². The molecule has 34 heavy (non-hydrogen) atoms. The van der Waals surface area contributed by atoms with Gasteiger partial charge < -0.3 is 5.32 Å². The Bertz CT molecular complexity index is 1010. The number of hydrazone groups is 1. The molecule has 0 aliphatic carbocycles. The van der Waals surface area contributed by atoms with E-state index < -0.39 is 0 Å². The summed E-state index contributed by atoms with van der Waals surface area (Å²) >= 11 is 0. The summed E-state index contributed by atoms with van der Waals surface area (Å²) in [6.07, 6.45) is 7.08. The molecule has 0 amide bonds. The Morgan fingerprint density at radius 1 is 0.706 bits per heavy atom. The smallest absolute Gasteiger partial charge is 0.233 e. The van der Waals surface area contributed by atoms with Crippen LogP contribution in [-0.2, 0) is 0 Å². The topological polar surface area (TPSA) is 42.9 Å². The fourth-order valence-electron chi connectivity index (χ4n) is 6.30. The molecule has 2 aliphatic heterocycles. The third-order valence-corrected chi connectivity index (χ3v) is 7.97. The van der Waals surface area contributed by atoms with Crippen molar-refractivity contribution in [2.24, 2.45) is 5.10 Å². The molecule has 2 aromatic carbocycles. The zero-order valence-electron chi connectivity index (χ0n) is 22.6. The maximum Gasteiger partial charge on any atom is 0.233 e. The van der Waals surface area contributed by atoms with Gasteiger partial charge in [0.05, 0.1) is 11.1 Å². The predicted molar refractivity (Wildman–Crippen MR) is 146 cm³/mol. The Morgan fingerprint density at radius 3 is 1.85 bits per heavy atom. The second kappa shape index (κ2) is 8.75. The Kier molecular flexibility index (Phi) is 6.39. The maximum absolute atomic E-state index is 5.35. The molecule has 2 aliphatic rings. The summed E-state index contributed by atoms with van der Waals surface area (Å²) in [6, 6.07) is 15.0. The van der Waals surface area contributed by atoms with E-state index >= 15 is 0 Å². The van der Waals surface area contributed by atoms with Crippen LogP contribution in [0.1, 0.15) is 93.9 Å². The molecule has 5 heteroatoms. The fourth-order valence-corrected chi connectivity index (χ4v) is 6.30. The zero-order valence-corrected chi connectivity index (χ0v) is 22.6. The molecule has 4 rings (SSSR count). The van der Waals surface area contributed by atoms with Crippen LogP contribution < -0.4 is 10.7 Å². The van der Waals surface area contributed by atoms with Gasteiger partial charge in [-0.3, -0.25) is 10.4 Å². The lowest BCUT2D eigenvalue weighted by Gasteiger charge is -2.54. The number of hydrogen-bond donors (Lipinski definition) is 2. The molecule has 186 valence electrons. The number of piperidine rings is 2. The molecule has 2 heterocycles. The summed E-state index contributed by atoms with van der Waals surface area (Å²) < 4.78 is 0. The van der Waals surface area contributed by atoms with Crippen molar-refractivity contribution < 1.29 is 0 Å². The van der Waals surface area contributed by atoms with Crippen LogP contribution >= 0.6 is 0 Å². The van der Waals surface area contributed by atoms with Crippen LogP contribution in [0.5, 0.6) is 0 Å². The third-order valence-electron chi connectivity index (χ3n) is 7.97. The summed E-state index contributed by atoms with van der Waals surface area (Å²) in [4.78, 5) is 0. The van der Waals surface area contributed by atoms with Crippen molar-refractivity contribution in [2.45, 2.75) is 116 Å². The number of fused-ring (bicyclic) bond motifs is 1. The molecule has 0 saturated carbocycles. The van der Waals surface area contributed by atoms with E-state index in [1.165, 1.54) is 23.6 Å². The van der Waals surface area contributed by atoms with Crippen molar-refractivity contribution in [3.05, 3.63) is 42.5 Å². The standard InChI is InChI=1S/C29H45N5/c1-26(2)18-12-19-27(3,4)33(26)31-25(32-34-28(5,6)20-13-21-29(34,7)8)30-24-17-11-15-22-14-9-10-16-23(22)24/h9-11,14-17H,12-13,18-21H2,1-8H3,(H2,30,31,32). The number of hydrogen-bond acceptors (Lipinski definition) is 3. The monoisotopic (exact) mass is 463 g/mol. The van der Waals surface area contributed by atoms with Crippen molar-refractivity contribution >= 4 is 22.4 Å². The van der Waals surface area contributed by atoms with E-state index in [2.05, 4.69) is 119 Å². The number of nitrogens with one attached hydrogen (secondary N) is 2. The van der Waals surface area contributed by atoms with Crippen molar-refractivity contribution in [3.8, 4) is 0 Å². The summed E-state index contributed by atoms with van der Waals surface area (Å²) in [5.74, 6) is 0.794. The molecule has 0 radical (unpaired) electrons. The highest BCUT2D eigenvalue weighted by Crippen LogP contribution is 2.39. The minimum Gasteiger partial charge on any atom is -0.323 e. The normalized spacial score (nSPS) is 24.1. The lowest BCUT2D eigenvalue weighted by molar-refractivity contribution is -0.0546. The number of rotatable bonds is 3. The Balaban J connectivity index is 1.78. The molecule has 2 aromatic rings. The molecule has 5 nitrogen and oxygen atoms in total. The minimum atomic E-state index is -0.0119. The molecule has 0 spiro atoms. The molecular formula is C29H45N5. The van der Waals surface area contributed by atoms with Crippen LogP contribution in [0.15, 0.2) is 47.6 Å². The molecule has 2 saturated heterocycles. The van der Waals surface area contributed by atoms with E-state index in [4.69, 9.17) is 5.10 Å². The van der Waals surface area contributed by atoms with Gasteiger partial charge in [-0.05, 0) is 105 Å². The second-order valence-corrected chi connectivity index (χ2v) is 12.8. The van der Waals surface area contributed by atoms with E-state index in [1.54, 1.807) is 0 Å². The highest BCUT2D eigenvalue weighted by Gasteiger charge is 2.44. The summed E-state index contributed by atoms with van der Waals surface area (Å²) in [6.45, 7) is 18.6. The van der Waals surface area contributed by atoms with Gasteiger partial charge in [-0.15, -0.1) is 5.10 Å². The lowest BCUT2D eigenvalue weighted by Crippen LogP contribution is -2.66. The first-order valence-electron chi connectivity index (χ1n) is 13.0. The molecule has 0 atom stereocenters. The highest BCUT2D eigenvalue weighted by molar-refractivity contribution is 6.03. The van der Waals surface area contributed by atoms with E-state index in [0.717, 1.165) is 37.3 Å². The van der Waals surface area contributed by atoms with Gasteiger partial charge in [0.25, 0.3) is 0 Å². The Hall–Kier alpha value is -2.27. The predicted octanol–water partition coefficient (Wildman–Crippen LogP) is 7.11. The highest BCUT2D eigenvalue weighted by atomic mass is 15.6. The molecule has 0 aromatic heterocycles. The van der Waals surface area contributed by atoms with Gasteiger partial charge in [-0.1, -0.05) is 36.4 Å². The molecule has 2 N–H and O–H groups in total. The van der Waals surface area contributed by atoms with Crippen molar-refractivity contribution in [2.75, 3.05) is 5.32 Å². The summed E-state index contributed by atoms with van der Waals surface area (Å²) in [7, 11) is 0. The first-order valence-corrected chi connectivity index (χ1v) is 13.0. The Labute approximate surface area is 206 Å². The molecule has 2 fully saturated rings. The van der Waals surface area contributed by atoms with E-state index in [1.807, 2.05) is 0 Å². The third kappa shape index (κ3) is 4.91. The van der Waals surface area contributed by atoms with E-state index in [9.17, 15) is 0 Å². The summed E-state index contributed by atoms with van der Waals surface area (Å²) in [5.41, 5.74) is 4.90. The largest absolute Gasteiger partial charge is 0.323 e. The molecule has 0 bridgehead atoms. The van der Waals surface area contributed by atoms with Crippen LogP contribution in [0.2, 0.25) is 0 Å². The average Bonchev–Trinajstić information content (AvgIpc) is 2.72. The van der Waals surface area contributed by atoms with E-state index in [-0.39, 0.29) is 22.2 Å². The zero-order chi connectivity index (χ0) is 24.8. The molecular weight excluding hydrogens is 418 g/mol. The lowest BCUT2D eigenvalue weighted by atomic mass is 9.81. The van der Waals surface area contributed by atoms with Gasteiger partial charge in [0, 0.05) is 22.2 Å². The van der Waals surface area contributed by atoms with Crippen molar-refractivity contribution in [1.82, 2.24) is 15.4 Å². The number of hydrazine groups is 1. The van der Waals surface area contributed by atoms with Crippen molar-refractivity contribution in [1.29, 1.82) is 0 Å². The second-order valence-electron chi connectivity index (χ2n) is 12.8. The average molecular weight is 464 g/mol. The molecule has 0 unspecified atom stereocenters. The van der Waals surface area contributed by atoms with E-state index in [0.29, 0.717) is 0 Å². The summed E-state index contributed by atoms with van der Waals surface area (Å²) in [5, 5.41) is 16.3. The van der Waals surface area contributed by atoms with Gasteiger partial charge in [0.2, 0.25) is 5.96 Å². The van der Waals surface area contributed by atoms with Crippen LogP contribution in [0.3, 0.4) is 0 Å². The van der Waals surface area contributed by atoms with Crippen LogP contribution in [0, 0.1) is 0 Å². The number of anilines is 1. The van der Waals surface area contributed by atoms with Gasteiger partial charge in [-0.2, -0.15) is 0 Å². The van der Waals surface area contributed by atoms with Gasteiger partial charge in [0.15, 0.2) is 0 Å². The minimum absolute atomic E-state index is 0.0119. The number of benzene rings is 2. The first-order chi connectivity index (χ1) is 15.8. The van der Waals surface area contributed by atoms with Crippen LogP contribution in [0.4, 0.5) is 5.69 Å². The van der Waals surface area contributed by atoms with Crippen LogP contribution in [0.25, 0.3) is 10.8 Å². The SMILES string of the molecule is CC1(C)CCCC(C)(C)N1/N=C(\Nc1cccc2ccccc12)NN1C(C)(C)CCCC1(C)C. The van der Waals surface area contributed by atoms with Gasteiger partial charge >= 0.3 is 0 Å². The maximum atomic E-state index is 5.35. The first kappa shape index (κ1) is 24.8. The Morgan fingerprint density at radius 2 is 1.24 bits per heavy atom. The quantitative estimate of drug-likeness (QED) is 0.376. The fraction of sp³-hybridized carbons (Fsp3) is 0.621.